The number of hydrogen-bond acceptors (Lipinski definition) is 2. The molecule has 0 saturated carbocycles. The van der Waals surface area contributed by atoms with Gasteiger partial charge in [0.05, 0.1) is 11.6 Å². The molecule has 2 aromatic rings. The van der Waals surface area contributed by atoms with E-state index in [1.54, 1.807) is 31.2 Å². The summed E-state index contributed by atoms with van der Waals surface area (Å²) in [6.45, 7) is 1.78. The van der Waals surface area contributed by atoms with Crippen LogP contribution in [0.1, 0.15) is 18.4 Å². The Balaban J connectivity index is 2.17. The van der Waals surface area contributed by atoms with Crippen LogP contribution in [0.15, 0.2) is 60.7 Å². The zero-order valence-electron chi connectivity index (χ0n) is 10.2. The molecule has 2 aromatic carbocycles. The predicted molar refractivity (Wildman–Crippen MR) is 70.6 cm³/mol. The van der Waals surface area contributed by atoms with Crippen LogP contribution < -0.4 is 5.06 Å². The molecule has 0 unspecified atom stereocenters. The molecule has 0 spiro atoms. The fraction of sp³-hybridized carbons (Fsp3) is 0.133. The molecule has 18 heavy (non-hydrogen) atoms. The fourth-order valence-electron chi connectivity index (χ4n) is 1.76. The first-order valence-electron chi connectivity index (χ1n) is 5.83. The third kappa shape index (κ3) is 2.57. The molecule has 0 radical (unpaired) electrons. The van der Waals surface area contributed by atoms with E-state index in [0.717, 1.165) is 5.56 Å². The molecule has 1 N–H and O–H groups in total. The Hall–Kier alpha value is -2.13. The monoisotopic (exact) mass is 241 g/mol. The molecule has 0 aliphatic heterocycles. The minimum Gasteiger partial charge on any atom is -0.281 e. The average Bonchev–Trinajstić information content (AvgIpc) is 2.47. The van der Waals surface area contributed by atoms with E-state index >= 15 is 0 Å². The number of rotatable bonds is 3. The van der Waals surface area contributed by atoms with Crippen LogP contribution in [0.5, 0.6) is 0 Å². The second kappa shape index (κ2) is 5.47. The first-order valence-corrected chi connectivity index (χ1v) is 5.83. The summed E-state index contributed by atoms with van der Waals surface area (Å²) >= 11 is 0. The number of hydroxylamine groups is 1. The van der Waals surface area contributed by atoms with Crippen LogP contribution in [-0.4, -0.2) is 11.1 Å². The van der Waals surface area contributed by atoms with Gasteiger partial charge in [-0.3, -0.25) is 10.0 Å². The van der Waals surface area contributed by atoms with Crippen molar-refractivity contribution in [3.63, 3.8) is 0 Å². The fourth-order valence-corrected chi connectivity index (χ4v) is 1.76. The maximum Gasteiger partial charge on any atom is 0.257 e. The van der Waals surface area contributed by atoms with E-state index in [-0.39, 0.29) is 11.8 Å². The molecule has 1 atom stereocenters. The molecule has 3 heteroatoms. The van der Waals surface area contributed by atoms with E-state index in [0.29, 0.717) is 10.8 Å². The van der Waals surface area contributed by atoms with Gasteiger partial charge in [0.2, 0.25) is 0 Å². The lowest BCUT2D eigenvalue weighted by Crippen LogP contribution is -2.31. The first-order chi connectivity index (χ1) is 8.70. The highest BCUT2D eigenvalue weighted by Gasteiger charge is 2.21. The Morgan fingerprint density at radius 1 is 1.00 bits per heavy atom. The van der Waals surface area contributed by atoms with Crippen molar-refractivity contribution in [1.29, 1.82) is 0 Å². The van der Waals surface area contributed by atoms with Gasteiger partial charge in [0.25, 0.3) is 5.91 Å². The molecule has 2 rings (SSSR count). The van der Waals surface area contributed by atoms with E-state index < -0.39 is 0 Å². The summed E-state index contributed by atoms with van der Waals surface area (Å²) in [5, 5.41) is 10.6. The summed E-state index contributed by atoms with van der Waals surface area (Å²) in [4.78, 5) is 12.1. The van der Waals surface area contributed by atoms with E-state index in [4.69, 9.17) is 0 Å². The first kappa shape index (κ1) is 12.3. The minimum atomic E-state index is -0.378. The Labute approximate surface area is 106 Å². The average molecular weight is 241 g/mol. The summed E-state index contributed by atoms with van der Waals surface area (Å²) in [6, 6.07) is 18.2. The van der Waals surface area contributed by atoms with Gasteiger partial charge in [-0.05, 0) is 24.6 Å². The molecule has 0 aromatic heterocycles. The molecule has 0 aliphatic carbocycles. The van der Waals surface area contributed by atoms with Crippen molar-refractivity contribution < 1.29 is 10.0 Å². The number of amides is 1. The Morgan fingerprint density at radius 2 is 1.50 bits per heavy atom. The molecule has 3 nitrogen and oxygen atoms in total. The van der Waals surface area contributed by atoms with Gasteiger partial charge in [-0.25, -0.2) is 0 Å². The molecule has 1 amide bonds. The Morgan fingerprint density at radius 3 is 2.06 bits per heavy atom. The molecule has 0 aliphatic rings. The second-order valence-electron chi connectivity index (χ2n) is 4.12. The maximum absolute atomic E-state index is 12.1. The topological polar surface area (TPSA) is 40.5 Å². The lowest BCUT2D eigenvalue weighted by atomic mass is 10.0. The quantitative estimate of drug-likeness (QED) is 0.662. The van der Waals surface area contributed by atoms with E-state index in [1.165, 1.54) is 0 Å². The van der Waals surface area contributed by atoms with E-state index in [2.05, 4.69) is 0 Å². The van der Waals surface area contributed by atoms with Crippen LogP contribution in [0.2, 0.25) is 0 Å². The summed E-state index contributed by atoms with van der Waals surface area (Å²) in [7, 11) is 0. The number of carbonyl (C=O) groups excluding carboxylic acids is 1. The standard InChI is InChI=1S/C15H15NO2/c1-12(13-8-4-2-5-9-13)15(17)16(18)14-10-6-3-7-11-14/h2-12,18H,1H3/t12-/m1/s1. The van der Waals surface area contributed by atoms with Crippen LogP contribution in [0.25, 0.3) is 0 Å². The van der Waals surface area contributed by atoms with Crippen molar-refractivity contribution in [2.24, 2.45) is 0 Å². The largest absolute Gasteiger partial charge is 0.281 e. The van der Waals surface area contributed by atoms with Gasteiger partial charge in [0.15, 0.2) is 0 Å². The van der Waals surface area contributed by atoms with Crippen molar-refractivity contribution in [2.75, 3.05) is 5.06 Å². The summed E-state index contributed by atoms with van der Waals surface area (Å²) in [5.41, 5.74) is 1.36. The van der Waals surface area contributed by atoms with Gasteiger partial charge in [-0.15, -0.1) is 0 Å². The number of nitrogens with zero attached hydrogens (tertiary/aromatic N) is 1. The van der Waals surface area contributed by atoms with Crippen molar-refractivity contribution in [2.45, 2.75) is 12.8 Å². The predicted octanol–water partition coefficient (Wildman–Crippen LogP) is 3.21. The lowest BCUT2D eigenvalue weighted by Gasteiger charge is -2.19. The molecule has 92 valence electrons. The molecule has 0 bridgehead atoms. The highest BCUT2D eigenvalue weighted by molar-refractivity contribution is 5.95. The third-order valence-electron chi connectivity index (χ3n) is 2.88. The molecular formula is C15H15NO2. The number of anilines is 1. The zero-order chi connectivity index (χ0) is 13.0. The van der Waals surface area contributed by atoms with Gasteiger partial charge in [0.1, 0.15) is 0 Å². The van der Waals surface area contributed by atoms with Crippen LogP contribution in [0, 0.1) is 0 Å². The van der Waals surface area contributed by atoms with Gasteiger partial charge in [-0.2, -0.15) is 5.06 Å². The van der Waals surface area contributed by atoms with E-state index in [1.807, 2.05) is 36.4 Å². The van der Waals surface area contributed by atoms with Gasteiger partial charge < -0.3 is 0 Å². The Bertz CT molecular complexity index is 463. The Kier molecular flexibility index (Phi) is 3.75. The SMILES string of the molecule is C[C@@H](C(=O)N(O)c1ccccc1)c1ccccc1. The number of benzene rings is 2. The van der Waals surface area contributed by atoms with Gasteiger partial charge in [-0.1, -0.05) is 48.5 Å². The zero-order valence-corrected chi connectivity index (χ0v) is 10.2. The molecule has 0 fully saturated rings. The number of hydrogen-bond donors (Lipinski definition) is 1. The van der Waals surface area contributed by atoms with Gasteiger partial charge in [0, 0.05) is 0 Å². The van der Waals surface area contributed by atoms with Gasteiger partial charge >= 0.3 is 0 Å². The van der Waals surface area contributed by atoms with E-state index in [9.17, 15) is 10.0 Å². The maximum atomic E-state index is 12.1. The van der Waals surface area contributed by atoms with Crippen molar-refractivity contribution >= 4 is 11.6 Å². The molecule has 0 heterocycles. The molecular weight excluding hydrogens is 226 g/mol. The number of para-hydroxylation sites is 1. The van der Waals surface area contributed by atoms with Crippen molar-refractivity contribution in [1.82, 2.24) is 0 Å². The summed E-state index contributed by atoms with van der Waals surface area (Å²) < 4.78 is 0. The van der Waals surface area contributed by atoms with Crippen molar-refractivity contribution in [3.8, 4) is 0 Å². The lowest BCUT2D eigenvalue weighted by molar-refractivity contribution is -0.124. The molecule has 0 saturated heterocycles. The number of carbonyl (C=O) groups is 1. The highest BCUT2D eigenvalue weighted by atomic mass is 16.5. The smallest absolute Gasteiger partial charge is 0.257 e. The van der Waals surface area contributed by atoms with Crippen LogP contribution in [0.3, 0.4) is 0 Å². The van der Waals surface area contributed by atoms with Crippen LogP contribution in [0.4, 0.5) is 5.69 Å². The van der Waals surface area contributed by atoms with Crippen LogP contribution >= 0.6 is 0 Å². The summed E-state index contributed by atoms with van der Waals surface area (Å²) in [6.07, 6.45) is 0. The third-order valence-corrected chi connectivity index (χ3v) is 2.88. The summed E-state index contributed by atoms with van der Waals surface area (Å²) in [5.74, 6) is -0.719. The highest BCUT2D eigenvalue weighted by Crippen LogP contribution is 2.20. The second-order valence-corrected chi connectivity index (χ2v) is 4.12. The van der Waals surface area contributed by atoms with Crippen molar-refractivity contribution in [3.05, 3.63) is 66.2 Å². The van der Waals surface area contributed by atoms with Crippen LogP contribution in [-0.2, 0) is 4.79 Å². The minimum absolute atomic E-state index is 0.340. The normalized spacial score (nSPS) is 11.9.